The van der Waals surface area contributed by atoms with Crippen LogP contribution in [0.4, 0.5) is 0 Å². The molecule has 142 valence electrons. The van der Waals surface area contributed by atoms with Gasteiger partial charge in [0.05, 0.1) is 21.4 Å². The molecule has 2 rings (SSSR count). The smallest absolute Gasteiger partial charge is 0.146 e. The largest absolute Gasteiger partial charge is 0.506 e. The number of benzene rings is 2. The van der Waals surface area contributed by atoms with Crippen LogP contribution < -0.4 is 0 Å². The van der Waals surface area contributed by atoms with Gasteiger partial charge in [0.1, 0.15) is 23.0 Å². The number of hydrogen-bond acceptors (Lipinski definition) is 4. The Labute approximate surface area is 233 Å². The van der Waals surface area contributed by atoms with Crippen LogP contribution in [0.25, 0.3) is 0 Å². The van der Waals surface area contributed by atoms with Gasteiger partial charge in [-0.25, -0.2) is 0 Å². The lowest BCUT2D eigenvalue weighted by Crippen LogP contribution is -2.12. The van der Waals surface area contributed by atoms with Crippen LogP contribution in [-0.4, -0.2) is 20.4 Å². The number of phenolic OH excluding ortho intramolecular Hbond substituents is 4. The van der Waals surface area contributed by atoms with E-state index in [9.17, 15) is 20.4 Å². The fraction of sp³-hybridized carbons (Fsp3) is 0.250. The second-order valence-corrected chi connectivity index (χ2v) is 12.2. The number of halogens is 6. The average Bonchev–Trinajstić information content (AvgIpc) is 2.61. The Morgan fingerprint density at radius 2 is 0.654 bits per heavy atom. The minimum atomic E-state index is -0.0662. The highest BCUT2D eigenvalue weighted by molar-refractivity contribution is 14.1. The zero-order valence-electron chi connectivity index (χ0n) is 13.2. The van der Waals surface area contributed by atoms with Gasteiger partial charge in [0.2, 0.25) is 0 Å². The maximum atomic E-state index is 10.4. The van der Waals surface area contributed by atoms with E-state index in [1.165, 1.54) is 0 Å². The van der Waals surface area contributed by atoms with Crippen molar-refractivity contribution in [3.63, 3.8) is 0 Å². The zero-order valence-corrected chi connectivity index (χ0v) is 26.2. The number of phenols is 4. The molecule has 0 aromatic heterocycles. The molecule has 0 heterocycles. The monoisotopic (exact) mass is 1030 g/mol. The summed E-state index contributed by atoms with van der Waals surface area (Å²) in [6, 6.07) is 0. The molecule has 0 bridgehead atoms. The summed E-state index contributed by atoms with van der Waals surface area (Å²) < 4.78 is 3.70. The molecule has 2 atom stereocenters. The van der Waals surface area contributed by atoms with Gasteiger partial charge in [-0.1, -0.05) is 13.8 Å². The van der Waals surface area contributed by atoms with Gasteiger partial charge in [-0.2, -0.15) is 0 Å². The Kier molecular flexibility index (Phi) is 8.82. The molecule has 0 fully saturated rings. The summed E-state index contributed by atoms with van der Waals surface area (Å²) in [5.41, 5.74) is 1.72. The molecule has 2 aromatic rings. The van der Waals surface area contributed by atoms with E-state index in [1.807, 2.05) is 59.0 Å². The Morgan fingerprint density at radius 3 is 0.846 bits per heavy atom. The first-order valence-electron chi connectivity index (χ1n) is 7.09. The third-order valence-corrected chi connectivity index (χ3v) is 10.7. The Morgan fingerprint density at radius 1 is 0.462 bits per heavy atom. The lowest BCUT2D eigenvalue weighted by Gasteiger charge is -2.27. The maximum absolute atomic E-state index is 10.4. The van der Waals surface area contributed by atoms with E-state index < -0.39 is 0 Å². The van der Waals surface area contributed by atoms with Gasteiger partial charge in [-0.3, -0.25) is 0 Å². The summed E-state index contributed by atoms with van der Waals surface area (Å²) in [6.45, 7) is 4.04. The van der Waals surface area contributed by atoms with Crippen molar-refractivity contribution < 1.29 is 20.4 Å². The molecule has 2 unspecified atom stereocenters. The van der Waals surface area contributed by atoms with E-state index in [1.54, 1.807) is 0 Å². The number of aromatic hydroxyl groups is 4. The summed E-state index contributed by atoms with van der Waals surface area (Å²) in [7, 11) is 0. The molecule has 0 saturated heterocycles. The lowest BCUT2D eigenvalue weighted by atomic mass is 9.83. The highest BCUT2D eigenvalue weighted by Crippen LogP contribution is 2.49. The molecular weight excluding hydrogens is 1020 g/mol. The molecule has 0 radical (unpaired) electrons. The minimum Gasteiger partial charge on any atom is -0.506 e. The van der Waals surface area contributed by atoms with Crippen molar-refractivity contribution in [2.24, 2.45) is 0 Å². The third kappa shape index (κ3) is 4.23. The number of rotatable bonds is 3. The van der Waals surface area contributed by atoms with Crippen LogP contribution in [0.3, 0.4) is 0 Å². The first kappa shape index (κ1) is 24.3. The first-order valence-corrected chi connectivity index (χ1v) is 13.6. The molecule has 0 aliphatic carbocycles. The van der Waals surface area contributed by atoms with Crippen LogP contribution in [0.2, 0.25) is 0 Å². The fourth-order valence-electron chi connectivity index (χ4n) is 2.61. The van der Waals surface area contributed by atoms with Gasteiger partial charge in [-0.15, -0.1) is 0 Å². The normalized spacial score (nSPS) is 13.7. The predicted molar refractivity (Wildman–Crippen MR) is 153 cm³/mol. The highest BCUT2D eigenvalue weighted by atomic mass is 127. The van der Waals surface area contributed by atoms with E-state index in [2.05, 4.69) is 90.4 Å². The van der Waals surface area contributed by atoms with E-state index in [-0.39, 0.29) is 34.8 Å². The molecule has 2 aromatic carbocycles. The summed E-state index contributed by atoms with van der Waals surface area (Å²) in [5, 5.41) is 41.5. The second kappa shape index (κ2) is 9.44. The predicted octanol–water partition coefficient (Wildman–Crippen LogP) is 7.04. The van der Waals surface area contributed by atoms with Crippen molar-refractivity contribution >= 4 is 136 Å². The van der Waals surface area contributed by atoms with Crippen LogP contribution in [0.5, 0.6) is 23.0 Å². The third-order valence-electron chi connectivity index (χ3n) is 4.27. The standard InChI is InChI=1S/C16H12I6O4/c1-3(5-7(17)13(23)11(21)14(24)8(5)18)4(2)6-9(19)15(25)12(22)16(26)10(6)20/h3-4,23-26H,1-2H3. The minimum absolute atomic E-state index is 0.0662. The summed E-state index contributed by atoms with van der Waals surface area (Å²) in [5.74, 6) is 0.186. The van der Waals surface area contributed by atoms with Crippen molar-refractivity contribution in [1.29, 1.82) is 0 Å². The van der Waals surface area contributed by atoms with E-state index in [0.717, 1.165) is 11.1 Å². The molecule has 0 saturated carbocycles. The van der Waals surface area contributed by atoms with E-state index >= 15 is 0 Å². The summed E-state index contributed by atoms with van der Waals surface area (Å²) in [4.78, 5) is 0. The second-order valence-electron chi connectivity index (χ2n) is 5.68. The van der Waals surface area contributed by atoms with Crippen LogP contribution >= 0.6 is 136 Å². The van der Waals surface area contributed by atoms with Crippen LogP contribution in [0, 0.1) is 21.4 Å². The number of hydrogen-bond donors (Lipinski definition) is 4. The van der Waals surface area contributed by atoms with E-state index in [4.69, 9.17) is 0 Å². The molecule has 26 heavy (non-hydrogen) atoms. The van der Waals surface area contributed by atoms with Crippen molar-refractivity contribution in [1.82, 2.24) is 0 Å². The molecular formula is C16H12I6O4. The topological polar surface area (TPSA) is 80.9 Å². The van der Waals surface area contributed by atoms with Crippen molar-refractivity contribution in [2.45, 2.75) is 25.7 Å². The fourth-order valence-corrected chi connectivity index (χ4v) is 10.9. The van der Waals surface area contributed by atoms with Crippen molar-refractivity contribution in [3.05, 3.63) is 32.5 Å². The Bertz CT molecular complexity index is 768. The zero-order chi connectivity index (χ0) is 20.1. The van der Waals surface area contributed by atoms with Gasteiger partial charge < -0.3 is 20.4 Å². The quantitative estimate of drug-likeness (QED) is 0.249. The average molecular weight is 1030 g/mol. The van der Waals surface area contributed by atoms with Crippen LogP contribution in [0.1, 0.15) is 36.8 Å². The van der Waals surface area contributed by atoms with Gasteiger partial charge in [0, 0.05) is 0 Å². The molecule has 4 nitrogen and oxygen atoms in total. The molecule has 0 spiro atoms. The van der Waals surface area contributed by atoms with Gasteiger partial charge >= 0.3 is 0 Å². The molecule has 0 aliphatic heterocycles. The van der Waals surface area contributed by atoms with Gasteiger partial charge in [0.15, 0.2) is 0 Å². The summed E-state index contributed by atoms with van der Waals surface area (Å²) >= 11 is 12.3. The highest BCUT2D eigenvalue weighted by Gasteiger charge is 2.31. The van der Waals surface area contributed by atoms with Gasteiger partial charge in [-0.05, 0) is 159 Å². The maximum Gasteiger partial charge on any atom is 0.146 e. The van der Waals surface area contributed by atoms with E-state index in [0.29, 0.717) is 21.4 Å². The lowest BCUT2D eigenvalue weighted by molar-refractivity contribution is 0.429. The van der Waals surface area contributed by atoms with Gasteiger partial charge in [0.25, 0.3) is 0 Å². The molecule has 0 amide bonds. The molecule has 0 aliphatic rings. The first-order chi connectivity index (χ1) is 11.9. The van der Waals surface area contributed by atoms with Crippen LogP contribution in [0.15, 0.2) is 0 Å². The summed E-state index contributed by atoms with van der Waals surface area (Å²) in [6.07, 6.45) is 0. The SMILES string of the molecule is CC(c1c(I)c(O)c(I)c(O)c1I)C(C)c1c(I)c(O)c(I)c(O)c1I. The molecule has 4 N–H and O–H groups in total. The van der Waals surface area contributed by atoms with Crippen molar-refractivity contribution in [2.75, 3.05) is 0 Å². The molecule has 10 heteroatoms. The van der Waals surface area contributed by atoms with Crippen LogP contribution in [-0.2, 0) is 0 Å². The Hall–Kier alpha value is 2.02. The van der Waals surface area contributed by atoms with Crippen molar-refractivity contribution in [3.8, 4) is 23.0 Å². The Balaban J connectivity index is 2.69.